The molecule has 2 heterocycles. The molecule has 0 saturated carbocycles. The van der Waals surface area contributed by atoms with Crippen LogP contribution in [0.2, 0.25) is 0 Å². The van der Waals surface area contributed by atoms with Crippen LogP contribution in [-0.4, -0.2) is 56.2 Å². The zero-order valence-electron chi connectivity index (χ0n) is 16.7. The van der Waals surface area contributed by atoms with Crippen LogP contribution in [-0.2, 0) is 9.53 Å². The number of rotatable bonds is 10. The molecular weight excluding hydrogens is 344 g/mol. The van der Waals surface area contributed by atoms with Crippen molar-refractivity contribution in [2.75, 3.05) is 39.3 Å². The van der Waals surface area contributed by atoms with E-state index in [0.29, 0.717) is 26.1 Å². The molecule has 1 unspecified atom stereocenters. The average Bonchev–Trinajstić information content (AvgIpc) is 3.21. The monoisotopic (exact) mass is 378 g/mol. The molecule has 1 aliphatic heterocycles. The number of nitrogens with zero attached hydrogens (tertiary/aromatic N) is 2. The van der Waals surface area contributed by atoms with Crippen LogP contribution in [0.15, 0.2) is 27.8 Å². The fourth-order valence-corrected chi connectivity index (χ4v) is 3.29. The van der Waals surface area contributed by atoms with Crippen molar-refractivity contribution in [1.82, 2.24) is 15.5 Å². The van der Waals surface area contributed by atoms with E-state index in [9.17, 15) is 4.79 Å². The Balaban J connectivity index is 1.90. The normalized spacial score (nSPS) is 16.7. The molecule has 27 heavy (non-hydrogen) atoms. The number of esters is 1. The molecule has 1 aliphatic rings. The molecular formula is C20H34N4O3. The van der Waals surface area contributed by atoms with E-state index in [0.717, 1.165) is 37.8 Å². The summed E-state index contributed by atoms with van der Waals surface area (Å²) in [6, 6.07) is 4.14. The Labute approximate surface area is 162 Å². The number of ether oxygens (including phenoxy) is 1. The van der Waals surface area contributed by atoms with Crippen molar-refractivity contribution in [1.29, 1.82) is 0 Å². The van der Waals surface area contributed by atoms with Crippen LogP contribution < -0.4 is 10.6 Å². The Kier molecular flexibility index (Phi) is 9.76. The van der Waals surface area contributed by atoms with Crippen LogP contribution >= 0.6 is 0 Å². The number of hydrogen-bond acceptors (Lipinski definition) is 5. The number of hydrogen-bond donors (Lipinski definition) is 2. The van der Waals surface area contributed by atoms with Crippen molar-refractivity contribution in [3.8, 4) is 0 Å². The SMILES string of the molecule is CCNC(=NCC(c1ccco1)N1CCCCC1)NCCCC(=O)OCC. The van der Waals surface area contributed by atoms with Crippen LogP contribution in [0.25, 0.3) is 0 Å². The van der Waals surface area contributed by atoms with Crippen LogP contribution in [0.1, 0.15) is 57.8 Å². The van der Waals surface area contributed by atoms with E-state index in [4.69, 9.17) is 14.1 Å². The minimum Gasteiger partial charge on any atom is -0.468 e. The van der Waals surface area contributed by atoms with Gasteiger partial charge in [0, 0.05) is 19.5 Å². The van der Waals surface area contributed by atoms with Gasteiger partial charge in [-0.05, 0) is 58.3 Å². The number of carbonyl (C=O) groups is 1. The van der Waals surface area contributed by atoms with E-state index in [1.54, 1.807) is 6.26 Å². The number of aliphatic imine (C=N–C) groups is 1. The van der Waals surface area contributed by atoms with Gasteiger partial charge in [0.1, 0.15) is 5.76 Å². The zero-order valence-corrected chi connectivity index (χ0v) is 16.7. The highest BCUT2D eigenvalue weighted by Gasteiger charge is 2.24. The Morgan fingerprint density at radius 1 is 1.30 bits per heavy atom. The maximum atomic E-state index is 11.4. The summed E-state index contributed by atoms with van der Waals surface area (Å²) in [5.41, 5.74) is 0. The first-order valence-corrected chi connectivity index (χ1v) is 10.2. The van der Waals surface area contributed by atoms with Gasteiger partial charge in [-0.2, -0.15) is 0 Å². The quantitative estimate of drug-likeness (QED) is 0.282. The van der Waals surface area contributed by atoms with Gasteiger partial charge < -0.3 is 19.8 Å². The van der Waals surface area contributed by atoms with Crippen molar-refractivity contribution >= 4 is 11.9 Å². The summed E-state index contributed by atoms with van der Waals surface area (Å²) in [6.45, 7) is 8.59. The predicted molar refractivity (Wildman–Crippen MR) is 107 cm³/mol. The number of nitrogens with one attached hydrogen (secondary N) is 2. The topological polar surface area (TPSA) is 79.1 Å². The van der Waals surface area contributed by atoms with Crippen molar-refractivity contribution in [3.05, 3.63) is 24.2 Å². The number of carbonyl (C=O) groups excluding carboxylic acids is 1. The number of piperidine rings is 1. The molecule has 0 aromatic carbocycles. The van der Waals surface area contributed by atoms with Crippen LogP contribution in [0, 0.1) is 0 Å². The largest absolute Gasteiger partial charge is 0.468 e. The molecule has 1 saturated heterocycles. The average molecular weight is 379 g/mol. The number of likely N-dealkylation sites (tertiary alicyclic amines) is 1. The molecule has 2 N–H and O–H groups in total. The van der Waals surface area contributed by atoms with Gasteiger partial charge in [0.05, 0.1) is 25.5 Å². The molecule has 0 radical (unpaired) electrons. The Morgan fingerprint density at radius 3 is 2.78 bits per heavy atom. The fourth-order valence-electron chi connectivity index (χ4n) is 3.29. The van der Waals surface area contributed by atoms with E-state index in [-0.39, 0.29) is 12.0 Å². The van der Waals surface area contributed by atoms with E-state index in [2.05, 4.69) is 15.5 Å². The van der Waals surface area contributed by atoms with Gasteiger partial charge in [-0.25, -0.2) is 0 Å². The second kappa shape index (κ2) is 12.4. The molecule has 0 spiro atoms. The molecule has 1 fully saturated rings. The van der Waals surface area contributed by atoms with E-state index in [1.165, 1.54) is 19.3 Å². The fraction of sp³-hybridized carbons (Fsp3) is 0.700. The second-order valence-electron chi connectivity index (χ2n) is 6.68. The summed E-state index contributed by atoms with van der Waals surface area (Å²) in [6.07, 6.45) is 6.63. The summed E-state index contributed by atoms with van der Waals surface area (Å²) < 4.78 is 10.6. The third-order valence-corrected chi connectivity index (χ3v) is 4.63. The third-order valence-electron chi connectivity index (χ3n) is 4.63. The summed E-state index contributed by atoms with van der Waals surface area (Å²) in [5, 5.41) is 6.58. The van der Waals surface area contributed by atoms with Gasteiger partial charge in [-0.15, -0.1) is 0 Å². The first-order valence-electron chi connectivity index (χ1n) is 10.2. The Bertz CT molecular complexity index is 554. The summed E-state index contributed by atoms with van der Waals surface area (Å²) >= 11 is 0. The lowest BCUT2D eigenvalue weighted by atomic mass is 10.1. The lowest BCUT2D eigenvalue weighted by Crippen LogP contribution is -2.40. The number of furan rings is 1. The van der Waals surface area contributed by atoms with Crippen LogP contribution in [0.3, 0.4) is 0 Å². The van der Waals surface area contributed by atoms with Gasteiger partial charge in [-0.1, -0.05) is 6.42 Å². The Morgan fingerprint density at radius 2 is 2.11 bits per heavy atom. The molecule has 1 aromatic heterocycles. The van der Waals surface area contributed by atoms with Gasteiger partial charge >= 0.3 is 5.97 Å². The molecule has 7 nitrogen and oxygen atoms in total. The van der Waals surface area contributed by atoms with E-state index in [1.807, 2.05) is 26.0 Å². The lowest BCUT2D eigenvalue weighted by Gasteiger charge is -2.32. The van der Waals surface area contributed by atoms with E-state index < -0.39 is 0 Å². The van der Waals surface area contributed by atoms with E-state index >= 15 is 0 Å². The van der Waals surface area contributed by atoms with Gasteiger partial charge in [0.25, 0.3) is 0 Å². The maximum absolute atomic E-state index is 11.4. The minimum atomic E-state index is -0.149. The molecule has 2 rings (SSSR count). The summed E-state index contributed by atoms with van der Waals surface area (Å²) in [4.78, 5) is 18.7. The molecule has 7 heteroatoms. The smallest absolute Gasteiger partial charge is 0.305 e. The van der Waals surface area contributed by atoms with Crippen molar-refractivity contribution in [2.24, 2.45) is 4.99 Å². The molecule has 1 aromatic rings. The minimum absolute atomic E-state index is 0.149. The first kappa shape index (κ1) is 21.3. The van der Waals surface area contributed by atoms with Crippen molar-refractivity contribution in [2.45, 2.75) is 52.0 Å². The molecule has 1 atom stereocenters. The van der Waals surface area contributed by atoms with Crippen LogP contribution in [0.5, 0.6) is 0 Å². The maximum Gasteiger partial charge on any atom is 0.305 e. The molecule has 0 bridgehead atoms. The highest BCUT2D eigenvalue weighted by atomic mass is 16.5. The highest BCUT2D eigenvalue weighted by molar-refractivity contribution is 5.79. The van der Waals surface area contributed by atoms with Gasteiger partial charge in [0.2, 0.25) is 0 Å². The number of guanidine groups is 1. The lowest BCUT2D eigenvalue weighted by molar-refractivity contribution is -0.143. The van der Waals surface area contributed by atoms with Crippen molar-refractivity contribution < 1.29 is 13.9 Å². The predicted octanol–water partition coefficient (Wildman–Crippen LogP) is 2.71. The standard InChI is InChI=1S/C20H34N4O3/c1-3-21-20(22-12-8-11-19(25)26-4-2)23-16-17(18-10-9-15-27-18)24-13-6-5-7-14-24/h9-10,15,17H,3-8,11-14,16H2,1-2H3,(H2,21,22,23). The van der Waals surface area contributed by atoms with Gasteiger partial charge in [0.15, 0.2) is 5.96 Å². The second-order valence-corrected chi connectivity index (χ2v) is 6.68. The Hall–Kier alpha value is -2.02. The molecule has 0 aliphatic carbocycles. The molecule has 152 valence electrons. The zero-order chi connectivity index (χ0) is 19.3. The van der Waals surface area contributed by atoms with Gasteiger partial charge in [-0.3, -0.25) is 14.7 Å². The third kappa shape index (κ3) is 7.62. The summed E-state index contributed by atoms with van der Waals surface area (Å²) in [7, 11) is 0. The first-order chi connectivity index (χ1) is 13.2. The molecule has 0 amide bonds. The van der Waals surface area contributed by atoms with Crippen molar-refractivity contribution in [3.63, 3.8) is 0 Å². The summed E-state index contributed by atoms with van der Waals surface area (Å²) in [5.74, 6) is 1.60. The van der Waals surface area contributed by atoms with Crippen LogP contribution in [0.4, 0.5) is 0 Å². The highest BCUT2D eigenvalue weighted by Crippen LogP contribution is 2.25.